The number of hydrogen-bond acceptors (Lipinski definition) is 14. The molecular weight excluding hydrogens is 783 g/mol. The molecule has 6 aromatic rings. The van der Waals surface area contributed by atoms with E-state index in [4.69, 9.17) is 8.83 Å². The highest BCUT2D eigenvalue weighted by Crippen LogP contribution is 2.54. The summed E-state index contributed by atoms with van der Waals surface area (Å²) in [7, 11) is 3.24. The summed E-state index contributed by atoms with van der Waals surface area (Å²) >= 11 is 0. The minimum absolute atomic E-state index is 0.0524. The molecule has 4 aromatic heterocycles. The molecule has 2 N–H and O–H groups in total. The maximum atomic E-state index is 13.0. The molecule has 6 heterocycles. The van der Waals surface area contributed by atoms with Crippen molar-refractivity contribution in [2.75, 3.05) is 23.9 Å². The van der Waals surface area contributed by atoms with Crippen LogP contribution in [0.2, 0.25) is 0 Å². The van der Waals surface area contributed by atoms with Crippen LogP contribution in [-0.2, 0) is 22.4 Å². The van der Waals surface area contributed by atoms with Crippen LogP contribution in [0, 0.1) is 23.5 Å². The Morgan fingerprint density at radius 1 is 0.617 bits per heavy atom. The second kappa shape index (κ2) is 15.4. The molecule has 304 valence electrons. The van der Waals surface area contributed by atoms with E-state index in [9.17, 15) is 28.0 Å². The van der Waals surface area contributed by atoms with Gasteiger partial charge in [0.2, 0.25) is 11.8 Å². The van der Waals surface area contributed by atoms with E-state index in [2.05, 4.69) is 51.0 Å². The lowest BCUT2D eigenvalue weighted by molar-refractivity contribution is -0.121. The molecule has 0 bridgehead atoms. The van der Waals surface area contributed by atoms with Gasteiger partial charge in [0.25, 0.3) is 11.8 Å². The molecule has 60 heavy (non-hydrogen) atoms. The normalized spacial score (nSPS) is 22.1. The van der Waals surface area contributed by atoms with E-state index >= 15 is 0 Å². The van der Waals surface area contributed by atoms with Crippen LogP contribution in [0.25, 0.3) is 0 Å². The summed E-state index contributed by atoms with van der Waals surface area (Å²) < 4.78 is 36.9. The van der Waals surface area contributed by atoms with Gasteiger partial charge in [-0.15, -0.1) is 20.4 Å². The highest BCUT2D eigenvalue weighted by molar-refractivity contribution is 6.03. The van der Waals surface area contributed by atoms with E-state index in [-0.39, 0.29) is 83.5 Å². The smallest absolute Gasteiger partial charge is 0.309 e. The van der Waals surface area contributed by atoms with Crippen molar-refractivity contribution in [1.82, 2.24) is 51.0 Å². The van der Waals surface area contributed by atoms with Crippen LogP contribution in [0.4, 0.5) is 20.4 Å². The SMILES string of the molecule is CN1C(=O)[C@@H](NC(=O)c2nnc(Cc3ccc(F)cc3)o2)C2C[C@H]2c2nccnc21.CN1C(=O)[C@H](NC(=O)c2nnc(Cc3ccc(F)cc3)o2)[C@@H]2C[C@@H]2c2nccnc21. The van der Waals surface area contributed by atoms with Crippen LogP contribution in [0.3, 0.4) is 0 Å². The second-order valence-electron chi connectivity index (χ2n) is 14.8. The summed E-state index contributed by atoms with van der Waals surface area (Å²) in [5.41, 5.74) is 3.08. The van der Waals surface area contributed by atoms with E-state index in [0.29, 0.717) is 11.6 Å². The number of halogens is 2. The highest BCUT2D eigenvalue weighted by atomic mass is 19.1. The van der Waals surface area contributed by atoms with E-state index in [1.165, 1.54) is 34.1 Å². The van der Waals surface area contributed by atoms with Gasteiger partial charge in [-0.3, -0.25) is 38.9 Å². The molecule has 0 radical (unpaired) electrons. The lowest BCUT2D eigenvalue weighted by Crippen LogP contribution is -2.48. The summed E-state index contributed by atoms with van der Waals surface area (Å²) in [4.78, 5) is 71.3. The number of likely N-dealkylation sites (N-methyl/N-ethyl adjacent to an activating group) is 2. The molecule has 2 aliphatic heterocycles. The van der Waals surface area contributed by atoms with E-state index in [1.807, 2.05) is 0 Å². The fraction of sp³-hybridized carbons (Fsp3) is 0.300. The Bertz CT molecular complexity index is 2440. The molecule has 4 aliphatic rings. The predicted molar refractivity (Wildman–Crippen MR) is 202 cm³/mol. The van der Waals surface area contributed by atoms with Gasteiger partial charge in [0.15, 0.2) is 11.6 Å². The second-order valence-corrected chi connectivity index (χ2v) is 14.8. The standard InChI is InChI=1S/2C20H17FN6O3/c2*1-27-17-15(22-6-7-23-17)12-9-13(12)16(20(27)29)24-18(28)19-26-25-14(30-19)8-10-2-4-11(21)5-3-10/h2*2-7,12-13,16H,8-9H2,1H3,(H,24,28)/t12-,13?,16+;12-,13+,16+/m10/s1. The molecule has 2 aliphatic carbocycles. The Morgan fingerprint density at radius 3 is 1.40 bits per heavy atom. The fourth-order valence-corrected chi connectivity index (χ4v) is 7.64. The maximum absolute atomic E-state index is 13.0. The highest BCUT2D eigenvalue weighted by Gasteiger charge is 2.54. The number of rotatable bonds is 8. The molecule has 1 unspecified atom stereocenters. The van der Waals surface area contributed by atoms with Crippen LogP contribution in [-0.4, -0.2) is 90.1 Å². The Hall–Kier alpha value is -7.38. The first-order chi connectivity index (χ1) is 29.0. The third kappa shape index (κ3) is 7.53. The third-order valence-electron chi connectivity index (χ3n) is 10.9. The van der Waals surface area contributed by atoms with Gasteiger partial charge in [-0.1, -0.05) is 24.3 Å². The van der Waals surface area contributed by atoms with Gasteiger partial charge < -0.3 is 19.5 Å². The van der Waals surface area contributed by atoms with Crippen LogP contribution in [0.5, 0.6) is 0 Å². The van der Waals surface area contributed by atoms with Gasteiger partial charge in [0, 0.05) is 50.7 Å². The number of carbonyl (C=O) groups is 4. The van der Waals surface area contributed by atoms with Crippen LogP contribution >= 0.6 is 0 Å². The zero-order valence-electron chi connectivity index (χ0n) is 31.9. The first kappa shape index (κ1) is 38.2. The first-order valence-electron chi connectivity index (χ1n) is 18.9. The molecule has 0 saturated heterocycles. The van der Waals surface area contributed by atoms with E-state index in [1.54, 1.807) is 63.1 Å². The molecule has 10 rings (SSSR count). The first-order valence-corrected chi connectivity index (χ1v) is 18.9. The topological polar surface area (TPSA) is 228 Å². The van der Waals surface area contributed by atoms with Gasteiger partial charge in [-0.05, 0) is 60.1 Å². The van der Waals surface area contributed by atoms with Gasteiger partial charge in [0.05, 0.1) is 24.2 Å². The van der Waals surface area contributed by atoms with Crippen molar-refractivity contribution in [1.29, 1.82) is 0 Å². The largest absolute Gasteiger partial charge is 0.417 e. The zero-order chi connectivity index (χ0) is 41.7. The minimum Gasteiger partial charge on any atom is -0.417 e. The molecule has 4 amide bonds. The summed E-state index contributed by atoms with van der Waals surface area (Å²) in [5.74, 6) is -1.35. The van der Waals surface area contributed by atoms with Gasteiger partial charge >= 0.3 is 23.6 Å². The number of aromatic nitrogens is 8. The summed E-state index contributed by atoms with van der Waals surface area (Å²) in [6.07, 6.45) is 8.32. The number of nitrogens with one attached hydrogen (secondary N) is 2. The summed E-state index contributed by atoms with van der Waals surface area (Å²) in [5, 5.41) is 20.8. The van der Waals surface area contributed by atoms with Gasteiger partial charge in [-0.25, -0.2) is 18.7 Å². The molecular formula is C40H34F2N12O6. The summed E-state index contributed by atoms with van der Waals surface area (Å²) in [6, 6.07) is 10.3. The van der Waals surface area contributed by atoms with Crippen LogP contribution < -0.4 is 20.4 Å². The number of hydrogen-bond donors (Lipinski definition) is 2. The molecule has 6 atom stereocenters. The lowest BCUT2D eigenvalue weighted by Gasteiger charge is -2.21. The lowest BCUT2D eigenvalue weighted by atomic mass is 10.1. The number of amides is 4. The Labute approximate surface area is 338 Å². The Balaban J connectivity index is 0.000000154. The van der Waals surface area contributed by atoms with Gasteiger partial charge in [-0.2, -0.15) is 0 Å². The Morgan fingerprint density at radius 2 is 1.00 bits per heavy atom. The van der Waals surface area contributed by atoms with Crippen molar-refractivity contribution in [3.8, 4) is 0 Å². The minimum atomic E-state index is -0.726. The van der Waals surface area contributed by atoms with Crippen molar-refractivity contribution < 1.29 is 36.8 Å². The molecule has 0 spiro atoms. The van der Waals surface area contributed by atoms with Crippen molar-refractivity contribution in [3.63, 3.8) is 0 Å². The fourth-order valence-electron chi connectivity index (χ4n) is 7.64. The Kier molecular flexibility index (Phi) is 9.81. The predicted octanol–water partition coefficient (Wildman–Crippen LogP) is 2.94. The van der Waals surface area contributed by atoms with Gasteiger partial charge in [0.1, 0.15) is 23.7 Å². The average Bonchev–Trinajstić information content (AvgIpc) is 4.14. The number of benzene rings is 2. The average molecular weight is 817 g/mol. The number of nitrogens with zero attached hydrogens (tertiary/aromatic N) is 10. The van der Waals surface area contributed by atoms with Crippen molar-refractivity contribution in [3.05, 3.63) is 131 Å². The third-order valence-corrected chi connectivity index (χ3v) is 10.9. The summed E-state index contributed by atoms with van der Waals surface area (Å²) in [6.45, 7) is 0. The quantitative estimate of drug-likeness (QED) is 0.225. The van der Waals surface area contributed by atoms with Crippen LogP contribution in [0.1, 0.15) is 80.3 Å². The zero-order valence-corrected chi connectivity index (χ0v) is 31.9. The molecule has 2 fully saturated rings. The maximum Gasteiger partial charge on any atom is 0.309 e. The van der Waals surface area contributed by atoms with E-state index < -0.39 is 23.9 Å². The van der Waals surface area contributed by atoms with Crippen LogP contribution in [0.15, 0.2) is 82.2 Å². The van der Waals surface area contributed by atoms with Crippen molar-refractivity contribution in [2.45, 2.75) is 49.6 Å². The molecule has 18 nitrogen and oxygen atoms in total. The molecule has 2 saturated carbocycles. The van der Waals surface area contributed by atoms with Crippen molar-refractivity contribution >= 4 is 35.3 Å². The van der Waals surface area contributed by atoms with E-state index in [0.717, 1.165) is 35.4 Å². The number of anilines is 2. The van der Waals surface area contributed by atoms with Crippen molar-refractivity contribution in [2.24, 2.45) is 11.8 Å². The number of fused-ring (bicyclic) bond motifs is 6. The number of carbonyl (C=O) groups excluding carboxylic acids is 4. The monoisotopic (exact) mass is 816 g/mol. The molecule has 2 aromatic carbocycles. The molecule has 20 heteroatoms.